The van der Waals surface area contributed by atoms with Gasteiger partial charge in [0.2, 0.25) is 0 Å². The highest BCUT2D eigenvalue weighted by Gasteiger charge is 2.31. The van der Waals surface area contributed by atoms with Crippen molar-refractivity contribution in [3.05, 3.63) is 56.6 Å². The van der Waals surface area contributed by atoms with E-state index in [2.05, 4.69) is 42.7 Å². The number of hydrogen-bond acceptors (Lipinski definition) is 13. The zero-order chi connectivity index (χ0) is 38.4. The molecule has 2 aromatic carbocycles. The summed E-state index contributed by atoms with van der Waals surface area (Å²) in [5.74, 6) is 0. The summed E-state index contributed by atoms with van der Waals surface area (Å²) in [5.41, 5.74) is 0.486. The molecule has 3 amide bonds. The lowest BCUT2D eigenvalue weighted by Crippen LogP contribution is -2.48. The van der Waals surface area contributed by atoms with Gasteiger partial charge in [-0.25, -0.2) is 14.4 Å². The summed E-state index contributed by atoms with van der Waals surface area (Å²) in [4.78, 5) is 60.7. The molecule has 2 aromatic rings. The van der Waals surface area contributed by atoms with Crippen LogP contribution >= 0.6 is 0 Å². The number of nitrogens with one attached hydrogen (secondary N) is 4. The fourth-order valence-electron chi connectivity index (χ4n) is 5.79. The lowest BCUT2D eigenvalue weighted by atomic mass is 10.0. The minimum Gasteiger partial charge on any atom is -0.453 e. The molecule has 0 aromatic heterocycles. The summed E-state index contributed by atoms with van der Waals surface area (Å²) in [6.07, 6.45) is 4.35. The average molecular weight is 731 g/mol. The lowest BCUT2D eigenvalue weighted by Gasteiger charge is -2.37. The summed E-state index contributed by atoms with van der Waals surface area (Å²) in [7, 11) is 4.52. The van der Waals surface area contributed by atoms with E-state index in [1.165, 1.54) is 45.3 Å². The molecule has 18 heteroatoms. The van der Waals surface area contributed by atoms with Crippen LogP contribution in [0.15, 0.2) is 36.4 Å². The van der Waals surface area contributed by atoms with Gasteiger partial charge >= 0.3 is 18.3 Å². The van der Waals surface area contributed by atoms with Gasteiger partial charge in [-0.1, -0.05) is 6.42 Å². The predicted octanol–water partition coefficient (Wildman–Crippen LogP) is 6.64. The molecule has 0 spiro atoms. The van der Waals surface area contributed by atoms with Crippen molar-refractivity contribution in [1.29, 1.82) is 0 Å². The van der Waals surface area contributed by atoms with Crippen molar-refractivity contribution in [1.82, 2.24) is 9.80 Å². The molecule has 4 N–H and O–H groups in total. The number of nitro groups is 2. The predicted molar refractivity (Wildman–Crippen MR) is 196 cm³/mol. The van der Waals surface area contributed by atoms with Crippen LogP contribution in [0.2, 0.25) is 0 Å². The Morgan fingerprint density at radius 3 is 1.67 bits per heavy atom. The van der Waals surface area contributed by atoms with Crippen molar-refractivity contribution < 1.29 is 38.4 Å². The van der Waals surface area contributed by atoms with E-state index in [9.17, 15) is 34.6 Å². The number of benzene rings is 2. The summed E-state index contributed by atoms with van der Waals surface area (Å²) in [6.45, 7) is 8.09. The van der Waals surface area contributed by atoms with Crippen LogP contribution in [0, 0.1) is 20.2 Å². The number of amides is 3. The highest BCUT2D eigenvalue weighted by atomic mass is 16.6. The Balaban J connectivity index is 0.000000288. The number of carbonyl (C=O) groups excluding carboxylic acids is 3. The first-order valence-corrected chi connectivity index (χ1v) is 17.1. The number of anilines is 4. The zero-order valence-electron chi connectivity index (χ0n) is 30.6. The first-order valence-electron chi connectivity index (χ1n) is 17.1. The van der Waals surface area contributed by atoms with Crippen LogP contribution in [-0.4, -0.2) is 103 Å². The third kappa shape index (κ3) is 12.7. The Labute approximate surface area is 302 Å². The first-order chi connectivity index (χ1) is 24.6. The summed E-state index contributed by atoms with van der Waals surface area (Å²) >= 11 is 0. The third-order valence-electron chi connectivity index (χ3n) is 8.49. The number of methoxy groups -OCH3 is 2. The number of ether oxygens (including phenoxy) is 3. The molecule has 18 nitrogen and oxygen atoms in total. The molecule has 0 bridgehead atoms. The fraction of sp³-hybridized carbons (Fsp3) is 0.559. The zero-order valence-corrected chi connectivity index (χ0v) is 30.6. The molecule has 0 unspecified atom stereocenters. The molecule has 2 atom stereocenters. The van der Waals surface area contributed by atoms with Crippen molar-refractivity contribution in [2.24, 2.45) is 0 Å². The lowest BCUT2D eigenvalue weighted by molar-refractivity contribution is -0.384. The van der Waals surface area contributed by atoms with Gasteiger partial charge < -0.3 is 34.6 Å². The minimum absolute atomic E-state index is 0.0719. The van der Waals surface area contributed by atoms with E-state index >= 15 is 0 Å². The second-order valence-electron chi connectivity index (χ2n) is 13.4. The van der Waals surface area contributed by atoms with Crippen LogP contribution in [-0.2, 0) is 14.2 Å². The molecule has 0 aliphatic carbocycles. The van der Waals surface area contributed by atoms with Gasteiger partial charge in [0.05, 0.1) is 41.5 Å². The average Bonchev–Trinajstić information content (AvgIpc) is 3.10. The Bertz CT molecular complexity index is 1570. The highest BCUT2D eigenvalue weighted by molar-refractivity contribution is 5.87. The van der Waals surface area contributed by atoms with E-state index in [1.54, 1.807) is 23.1 Å². The SMILES string of the molecule is COC(=O)Nc1ccc(NC[C@H]2CCCCN2C(=O)OC(C)(C)C)c([N+](=O)[O-])c1.COC(=O)Nc1ccc(NC[C@H]2CCCCN2C)c([N+](=O)[O-])c1. The molecule has 2 saturated heterocycles. The quantitative estimate of drug-likeness (QED) is 0.114. The van der Waals surface area contributed by atoms with E-state index in [0.717, 1.165) is 32.2 Å². The number of nitrogens with zero attached hydrogens (tertiary/aromatic N) is 4. The van der Waals surface area contributed by atoms with Crippen LogP contribution < -0.4 is 21.3 Å². The maximum absolute atomic E-state index is 12.5. The summed E-state index contributed by atoms with van der Waals surface area (Å²) in [5, 5.41) is 33.8. The van der Waals surface area contributed by atoms with E-state index < -0.39 is 27.6 Å². The van der Waals surface area contributed by atoms with Gasteiger partial charge in [0, 0.05) is 37.8 Å². The van der Waals surface area contributed by atoms with Crippen molar-refractivity contribution in [2.45, 2.75) is 77.0 Å². The number of likely N-dealkylation sites (tertiary alicyclic amines) is 2. The maximum Gasteiger partial charge on any atom is 0.411 e. The fourth-order valence-corrected chi connectivity index (χ4v) is 5.79. The Kier molecular flexibility index (Phi) is 15.2. The Morgan fingerprint density at radius 2 is 1.23 bits per heavy atom. The van der Waals surface area contributed by atoms with Crippen LogP contribution in [0.3, 0.4) is 0 Å². The summed E-state index contributed by atoms with van der Waals surface area (Å²) in [6, 6.07) is 9.09. The first kappa shape index (κ1) is 41.0. The smallest absolute Gasteiger partial charge is 0.411 e. The molecule has 2 fully saturated rings. The summed E-state index contributed by atoms with van der Waals surface area (Å²) < 4.78 is 14.5. The van der Waals surface area contributed by atoms with Crippen molar-refractivity contribution in [3.8, 4) is 0 Å². The van der Waals surface area contributed by atoms with E-state index in [0.29, 0.717) is 42.7 Å². The maximum atomic E-state index is 12.5. The monoisotopic (exact) mass is 730 g/mol. The van der Waals surface area contributed by atoms with Crippen molar-refractivity contribution >= 4 is 52.4 Å². The third-order valence-corrected chi connectivity index (χ3v) is 8.49. The molecule has 52 heavy (non-hydrogen) atoms. The van der Waals surface area contributed by atoms with Gasteiger partial charge in [0.15, 0.2) is 0 Å². The van der Waals surface area contributed by atoms with Gasteiger partial charge in [0.1, 0.15) is 17.0 Å². The molecule has 4 rings (SSSR count). The van der Waals surface area contributed by atoms with Crippen LogP contribution in [0.5, 0.6) is 0 Å². The highest BCUT2D eigenvalue weighted by Crippen LogP contribution is 2.30. The topological polar surface area (TPSA) is 220 Å². The van der Waals surface area contributed by atoms with Gasteiger partial charge in [-0.15, -0.1) is 0 Å². The molecule has 0 radical (unpaired) electrons. The van der Waals surface area contributed by atoms with Crippen molar-refractivity contribution in [3.63, 3.8) is 0 Å². The van der Waals surface area contributed by atoms with Gasteiger partial charge in [-0.2, -0.15) is 0 Å². The number of hydrogen-bond donors (Lipinski definition) is 4. The molecule has 286 valence electrons. The molecule has 2 aliphatic rings. The molecular formula is C34H50N8O10. The van der Waals surface area contributed by atoms with Crippen LogP contribution in [0.4, 0.5) is 48.5 Å². The van der Waals surface area contributed by atoms with Crippen molar-refractivity contribution in [2.75, 3.05) is 68.7 Å². The van der Waals surface area contributed by atoms with Crippen LogP contribution in [0.25, 0.3) is 0 Å². The number of carbonyl (C=O) groups is 3. The number of likely N-dealkylation sites (N-methyl/N-ethyl adjacent to an activating group) is 1. The number of piperidine rings is 2. The molecular weight excluding hydrogens is 680 g/mol. The molecule has 2 heterocycles. The Morgan fingerprint density at radius 1 is 0.769 bits per heavy atom. The normalized spacial score (nSPS) is 17.4. The Hall–Kier alpha value is -5.39. The second-order valence-corrected chi connectivity index (χ2v) is 13.4. The second kappa shape index (κ2) is 19.3. The van der Waals surface area contributed by atoms with E-state index in [4.69, 9.17) is 4.74 Å². The largest absolute Gasteiger partial charge is 0.453 e. The van der Waals surface area contributed by atoms with Gasteiger partial charge in [-0.05, 0) is 90.7 Å². The van der Waals surface area contributed by atoms with E-state index in [-0.39, 0.29) is 29.2 Å². The number of rotatable bonds is 10. The van der Waals surface area contributed by atoms with Gasteiger partial charge in [0.25, 0.3) is 11.4 Å². The minimum atomic E-state index is -0.713. The standard InChI is InChI=1S/C19H28N4O6.C15H22N4O4/c1-19(2,3)29-18(25)22-10-6-5-7-14(22)12-20-15-9-8-13(21-17(24)28-4)11-16(15)23(26)27;1-18-8-4-3-5-12(18)10-16-13-7-6-11(17-15(20)23-2)9-14(13)19(21)22/h8-9,11,14,20H,5-7,10,12H2,1-4H3,(H,21,24);6-7,9,12,16H,3-5,8,10H2,1-2H3,(H,17,20)/t14-;12-/m11/s1. The van der Waals surface area contributed by atoms with E-state index in [1.807, 2.05) is 20.8 Å². The molecule has 0 saturated carbocycles. The molecule has 2 aliphatic heterocycles. The number of nitro benzene ring substituents is 2. The van der Waals surface area contributed by atoms with Gasteiger partial charge in [-0.3, -0.25) is 30.9 Å². The van der Waals surface area contributed by atoms with Crippen LogP contribution in [0.1, 0.15) is 59.3 Å².